The zero-order chi connectivity index (χ0) is 48.0. The van der Waals surface area contributed by atoms with E-state index in [1.54, 1.807) is 30.6 Å². The number of halogens is 2. The molecule has 67 heavy (non-hydrogen) atoms. The number of nitro groups is 3. The average Bonchev–Trinajstić information content (AvgIpc) is 4.16. The molecule has 0 aliphatic carbocycles. The van der Waals surface area contributed by atoms with Crippen molar-refractivity contribution in [3.63, 3.8) is 0 Å². The summed E-state index contributed by atoms with van der Waals surface area (Å²) in [6.07, 6.45) is 3.06. The number of anilines is 2. The van der Waals surface area contributed by atoms with Crippen LogP contribution in [0.4, 0.5) is 27.3 Å². The summed E-state index contributed by atoms with van der Waals surface area (Å²) in [5.74, 6) is 0.830. The number of sulfonamides is 2. The Morgan fingerprint density at radius 1 is 0.597 bits per heavy atom. The summed E-state index contributed by atoms with van der Waals surface area (Å²) in [6, 6.07) is 16.4. The van der Waals surface area contributed by atoms with Crippen LogP contribution in [0.3, 0.4) is 0 Å². The van der Waals surface area contributed by atoms with E-state index in [-0.39, 0.29) is 54.6 Å². The lowest BCUT2D eigenvalue weighted by molar-refractivity contribution is -0.385. The fourth-order valence-corrected chi connectivity index (χ4v) is 15.2. The highest BCUT2D eigenvalue weighted by Gasteiger charge is 2.35. The molecule has 2 aromatic carbocycles. The fourth-order valence-electron chi connectivity index (χ4n) is 6.91. The molecule has 2 aliphatic heterocycles. The second-order valence-electron chi connectivity index (χ2n) is 14.8. The number of aromatic nitrogens is 2. The summed E-state index contributed by atoms with van der Waals surface area (Å²) < 4.78 is 58.9. The van der Waals surface area contributed by atoms with E-state index in [4.69, 9.17) is 32.9 Å². The van der Waals surface area contributed by atoms with E-state index in [1.807, 2.05) is 39.9 Å². The van der Waals surface area contributed by atoms with Gasteiger partial charge in [-0.25, -0.2) is 26.8 Å². The van der Waals surface area contributed by atoms with E-state index in [9.17, 15) is 47.2 Å². The van der Waals surface area contributed by atoms with E-state index < -0.39 is 40.5 Å². The minimum absolute atomic E-state index is 0.0567. The third-order valence-electron chi connectivity index (χ3n) is 10.6. The molecule has 0 unspecified atom stereocenters. The Morgan fingerprint density at radius 2 is 0.985 bits per heavy atom. The second-order valence-corrected chi connectivity index (χ2v) is 24.1. The Labute approximate surface area is 410 Å². The molecule has 0 N–H and O–H groups in total. The number of ether oxygens (including phenoxy) is 1. The molecule has 2 aliphatic rings. The molecule has 8 rings (SSSR count). The first-order valence-electron chi connectivity index (χ1n) is 20.1. The molecule has 2 saturated heterocycles. The first-order chi connectivity index (χ1) is 31.9. The molecule has 0 atom stereocenters. The Morgan fingerprint density at radius 3 is 1.33 bits per heavy atom. The van der Waals surface area contributed by atoms with Crippen LogP contribution in [0.2, 0.25) is 8.67 Å². The van der Waals surface area contributed by atoms with Crippen LogP contribution in [0.5, 0.6) is 5.75 Å². The SMILES string of the molecule is COc1ccc(CCc2csc(N3CCN(S(=O)(=O)c4cc([N+](=O)[O-])c(Cl)s4)CC3)n2)cc1.O=[N+]([O-])c1ccc(CCc2csc(N3CCN(S(=O)(=O)c4cc([N+](=O)[O-])c(Cl)s4)CC3)n2)cc1. The van der Waals surface area contributed by atoms with Gasteiger partial charge >= 0.3 is 0 Å². The standard InChI is InChI=1S/C20H21ClN4O5S3.C19H18ClN5O6S3/c1-30-16-6-3-14(4-7-16)2-5-15-13-31-20(22-15)23-8-10-24(11-9-23)33(28,29)18-12-17(25(26)27)19(21)32-18;20-18-16(25(28)29)11-17(33-18)34(30,31)23-9-7-22(8-10-23)19-21-14(12-32-19)4-1-13-2-5-15(6-3-13)24(26)27/h3-4,6-7,12-13H,2,5,8-11H2,1H3;2-3,5-6,11-12H,1,4,7-10H2. The van der Waals surface area contributed by atoms with Crippen molar-refractivity contribution in [3.05, 3.63) is 133 Å². The maximum Gasteiger partial charge on any atom is 0.300 e. The Hall–Kier alpha value is -4.90. The number of nitro benzene ring substituents is 1. The molecule has 6 aromatic rings. The summed E-state index contributed by atoms with van der Waals surface area (Å²) in [7, 11) is -6.06. The maximum absolute atomic E-state index is 12.9. The zero-order valence-electron chi connectivity index (χ0n) is 35.1. The van der Waals surface area contributed by atoms with Crippen molar-refractivity contribution in [1.29, 1.82) is 0 Å². The third-order valence-corrected chi connectivity index (χ3v) is 19.9. The molecular formula is C39H39Cl2N9O11S6. The van der Waals surface area contributed by atoms with Crippen molar-refractivity contribution in [1.82, 2.24) is 18.6 Å². The number of rotatable bonds is 16. The van der Waals surface area contributed by atoms with Gasteiger partial charge in [0, 0.05) is 87.4 Å². The molecule has 28 heteroatoms. The number of thiazole rings is 2. The molecule has 20 nitrogen and oxygen atoms in total. The largest absolute Gasteiger partial charge is 0.497 e. The summed E-state index contributed by atoms with van der Waals surface area (Å²) in [4.78, 5) is 44.4. The monoisotopic (exact) mass is 1070 g/mol. The van der Waals surface area contributed by atoms with Crippen LogP contribution in [0.25, 0.3) is 0 Å². The molecule has 6 heterocycles. The minimum Gasteiger partial charge on any atom is -0.497 e. The maximum atomic E-state index is 12.9. The highest BCUT2D eigenvalue weighted by Crippen LogP contribution is 2.39. The number of methoxy groups -OCH3 is 1. The van der Waals surface area contributed by atoms with Gasteiger partial charge in [-0.3, -0.25) is 30.3 Å². The van der Waals surface area contributed by atoms with E-state index in [0.29, 0.717) is 61.7 Å². The van der Waals surface area contributed by atoms with Crippen LogP contribution in [0.15, 0.2) is 79.8 Å². The van der Waals surface area contributed by atoms with Crippen LogP contribution in [-0.4, -0.2) is 110 Å². The Balaban J connectivity index is 0.000000199. The molecule has 0 spiro atoms. The van der Waals surface area contributed by atoms with Gasteiger partial charge in [0.1, 0.15) is 14.2 Å². The van der Waals surface area contributed by atoms with Gasteiger partial charge in [-0.05, 0) is 48.9 Å². The van der Waals surface area contributed by atoms with Gasteiger partial charge in [0.05, 0.1) is 33.3 Å². The highest BCUT2D eigenvalue weighted by molar-refractivity contribution is 7.91. The predicted molar refractivity (Wildman–Crippen MR) is 259 cm³/mol. The summed E-state index contributed by atoms with van der Waals surface area (Å²) in [6.45, 7) is 2.86. The van der Waals surface area contributed by atoms with Crippen LogP contribution in [-0.2, 0) is 45.7 Å². The fraction of sp³-hybridized carbons (Fsp3) is 0.333. The molecule has 0 bridgehead atoms. The topological polar surface area (TPSA) is 246 Å². The van der Waals surface area contributed by atoms with Crippen LogP contribution >= 0.6 is 68.5 Å². The number of piperazine rings is 2. The molecule has 0 radical (unpaired) electrons. The summed E-state index contributed by atoms with van der Waals surface area (Å²) in [5.41, 5.74) is 3.35. The van der Waals surface area contributed by atoms with Crippen molar-refractivity contribution < 1.29 is 36.3 Å². The number of aryl methyl sites for hydroxylation is 4. The van der Waals surface area contributed by atoms with Gasteiger partial charge in [0.15, 0.2) is 18.9 Å². The molecule has 356 valence electrons. The smallest absolute Gasteiger partial charge is 0.300 e. The number of nitrogens with zero attached hydrogens (tertiary/aromatic N) is 9. The Bertz CT molecular complexity index is 2950. The minimum atomic E-state index is -3.87. The van der Waals surface area contributed by atoms with E-state index in [1.165, 1.54) is 37.6 Å². The summed E-state index contributed by atoms with van der Waals surface area (Å²) in [5, 5.41) is 38.4. The molecule has 4 aromatic heterocycles. The molecule has 2 fully saturated rings. The van der Waals surface area contributed by atoms with Gasteiger partial charge < -0.3 is 14.5 Å². The third kappa shape index (κ3) is 12.0. The lowest BCUT2D eigenvalue weighted by Crippen LogP contribution is -2.48. The molecular weight excluding hydrogens is 1030 g/mol. The first-order valence-corrected chi connectivity index (χ1v) is 27.1. The number of hydrogen-bond acceptors (Lipinski definition) is 19. The molecule has 0 amide bonds. The van der Waals surface area contributed by atoms with Crippen LogP contribution in [0, 0.1) is 30.3 Å². The number of non-ortho nitro benzene ring substituents is 1. The van der Waals surface area contributed by atoms with Gasteiger partial charge in [-0.15, -0.1) is 45.3 Å². The van der Waals surface area contributed by atoms with E-state index >= 15 is 0 Å². The van der Waals surface area contributed by atoms with Crippen molar-refractivity contribution in [3.8, 4) is 5.75 Å². The zero-order valence-corrected chi connectivity index (χ0v) is 41.5. The lowest BCUT2D eigenvalue weighted by atomic mass is 10.1. The second kappa shape index (κ2) is 21.6. The number of thiophene rings is 2. The van der Waals surface area contributed by atoms with Crippen molar-refractivity contribution in [2.75, 3.05) is 69.3 Å². The van der Waals surface area contributed by atoms with Crippen LogP contribution in [0.1, 0.15) is 22.5 Å². The van der Waals surface area contributed by atoms with Gasteiger partial charge in [0.2, 0.25) is 0 Å². The Kier molecular flexibility index (Phi) is 16.1. The highest BCUT2D eigenvalue weighted by atomic mass is 35.5. The van der Waals surface area contributed by atoms with E-state index in [0.717, 1.165) is 57.9 Å². The average molecular weight is 1070 g/mol. The van der Waals surface area contributed by atoms with Crippen molar-refractivity contribution in [2.45, 2.75) is 34.1 Å². The normalized spacial score (nSPS) is 15.0. The first kappa shape index (κ1) is 50.0. The number of benzene rings is 2. The van der Waals surface area contributed by atoms with Gasteiger partial charge in [-0.2, -0.15) is 8.61 Å². The predicted octanol–water partition coefficient (Wildman–Crippen LogP) is 8.04. The summed E-state index contributed by atoms with van der Waals surface area (Å²) >= 11 is 16.1. The van der Waals surface area contributed by atoms with Crippen molar-refractivity contribution >= 4 is 116 Å². The van der Waals surface area contributed by atoms with Gasteiger partial charge in [-0.1, -0.05) is 47.5 Å². The number of hydrogen-bond donors (Lipinski definition) is 0. The quantitative estimate of drug-likeness (QED) is 0.0657. The molecule has 0 saturated carbocycles. The van der Waals surface area contributed by atoms with E-state index in [2.05, 4.69) is 9.88 Å². The lowest BCUT2D eigenvalue weighted by Gasteiger charge is -2.33. The van der Waals surface area contributed by atoms with Gasteiger partial charge in [0.25, 0.3) is 37.1 Å². The van der Waals surface area contributed by atoms with Crippen LogP contribution < -0.4 is 14.5 Å². The van der Waals surface area contributed by atoms with Crippen molar-refractivity contribution in [2.24, 2.45) is 0 Å².